The van der Waals surface area contributed by atoms with Gasteiger partial charge in [0.2, 0.25) is 0 Å². The zero-order chi connectivity index (χ0) is 19.2. The standard InChI is InChI=1S/C24H15NO2S2/c1-2-10-18-17(9-1)26-19-11-5-7-15(23(19)27-18)25-16-8-6-14-22-24(16)29-21-13-4-3-12-20(21)28-22/h1-14,25H. The first kappa shape index (κ1) is 16.9. The minimum absolute atomic E-state index is 0.706. The van der Waals surface area contributed by atoms with Crippen molar-refractivity contribution in [1.82, 2.24) is 0 Å². The Labute approximate surface area is 177 Å². The Balaban J connectivity index is 1.38. The molecule has 4 aromatic rings. The van der Waals surface area contributed by atoms with Gasteiger partial charge in [-0.15, -0.1) is 0 Å². The Morgan fingerprint density at radius 3 is 2.00 bits per heavy atom. The van der Waals surface area contributed by atoms with E-state index in [2.05, 4.69) is 47.8 Å². The van der Waals surface area contributed by atoms with Gasteiger partial charge in [-0.2, -0.15) is 0 Å². The zero-order valence-corrected chi connectivity index (χ0v) is 16.8. The van der Waals surface area contributed by atoms with E-state index in [1.165, 1.54) is 19.6 Å². The van der Waals surface area contributed by atoms with Gasteiger partial charge < -0.3 is 14.8 Å². The van der Waals surface area contributed by atoms with Crippen LogP contribution in [0.2, 0.25) is 0 Å². The third kappa shape index (κ3) is 2.94. The fourth-order valence-corrected chi connectivity index (χ4v) is 5.77. The first-order chi connectivity index (χ1) is 14.3. The lowest BCUT2D eigenvalue weighted by Gasteiger charge is -2.25. The maximum absolute atomic E-state index is 6.18. The summed E-state index contributed by atoms with van der Waals surface area (Å²) >= 11 is 3.61. The normalized spacial score (nSPS) is 13.1. The monoisotopic (exact) mass is 413 g/mol. The second kappa shape index (κ2) is 6.79. The largest absolute Gasteiger partial charge is 0.449 e. The number of ether oxygens (including phenoxy) is 2. The molecule has 0 atom stereocenters. The van der Waals surface area contributed by atoms with Crippen LogP contribution in [0.15, 0.2) is 105 Å². The molecule has 1 N–H and O–H groups in total. The van der Waals surface area contributed by atoms with Crippen molar-refractivity contribution in [3.05, 3.63) is 84.9 Å². The quantitative estimate of drug-likeness (QED) is 0.311. The first-order valence-corrected chi connectivity index (χ1v) is 10.9. The maximum atomic E-state index is 6.18. The van der Waals surface area contributed by atoms with Gasteiger partial charge in [-0.05, 0) is 48.5 Å². The topological polar surface area (TPSA) is 30.5 Å². The molecule has 0 unspecified atom stereocenters. The third-order valence-corrected chi connectivity index (χ3v) is 7.40. The molecule has 0 aromatic heterocycles. The van der Waals surface area contributed by atoms with Gasteiger partial charge in [0.25, 0.3) is 0 Å². The van der Waals surface area contributed by atoms with Crippen LogP contribution < -0.4 is 14.8 Å². The van der Waals surface area contributed by atoms with Gasteiger partial charge in [-0.25, -0.2) is 0 Å². The molecule has 0 amide bonds. The van der Waals surface area contributed by atoms with E-state index in [9.17, 15) is 0 Å². The SMILES string of the molecule is c1ccc2c(c1)Oc1cccc(Nc3cccc4c3Sc3ccccc3S4)c1O2. The molecule has 2 heterocycles. The van der Waals surface area contributed by atoms with E-state index in [1.54, 1.807) is 11.8 Å². The second-order valence-corrected chi connectivity index (χ2v) is 8.83. The first-order valence-electron chi connectivity index (χ1n) is 9.28. The Morgan fingerprint density at radius 1 is 0.517 bits per heavy atom. The number of para-hydroxylation sites is 3. The van der Waals surface area contributed by atoms with E-state index < -0.39 is 0 Å². The summed E-state index contributed by atoms with van der Waals surface area (Å²) in [5.74, 6) is 2.88. The fourth-order valence-electron chi connectivity index (χ4n) is 3.44. The average molecular weight is 414 g/mol. The second-order valence-electron chi connectivity index (χ2n) is 6.69. The summed E-state index contributed by atoms with van der Waals surface area (Å²) in [6, 6.07) is 28.5. The Hall–Kier alpha value is -3.02. The van der Waals surface area contributed by atoms with E-state index in [1.807, 2.05) is 54.2 Å². The lowest BCUT2D eigenvalue weighted by Crippen LogP contribution is -2.03. The molecular weight excluding hydrogens is 398 g/mol. The number of fused-ring (bicyclic) bond motifs is 4. The summed E-state index contributed by atoms with van der Waals surface area (Å²) in [7, 11) is 0. The molecule has 0 saturated heterocycles. The molecular formula is C24H15NO2S2. The van der Waals surface area contributed by atoms with Crippen LogP contribution >= 0.6 is 23.5 Å². The molecule has 140 valence electrons. The van der Waals surface area contributed by atoms with Gasteiger partial charge in [0.05, 0.1) is 11.4 Å². The smallest absolute Gasteiger partial charge is 0.193 e. The predicted molar refractivity (Wildman–Crippen MR) is 117 cm³/mol. The maximum Gasteiger partial charge on any atom is 0.193 e. The van der Waals surface area contributed by atoms with Crippen LogP contribution in [-0.4, -0.2) is 0 Å². The number of hydrogen-bond acceptors (Lipinski definition) is 5. The van der Waals surface area contributed by atoms with E-state index in [-0.39, 0.29) is 0 Å². The molecule has 6 rings (SSSR count). The van der Waals surface area contributed by atoms with Crippen molar-refractivity contribution in [2.24, 2.45) is 0 Å². The molecule has 2 aliphatic rings. The Bertz CT molecular complexity index is 1160. The summed E-state index contributed by atoms with van der Waals surface area (Å²) in [4.78, 5) is 5.06. The molecule has 0 spiro atoms. The van der Waals surface area contributed by atoms with Crippen LogP contribution in [-0.2, 0) is 0 Å². The average Bonchev–Trinajstić information content (AvgIpc) is 2.77. The van der Waals surface area contributed by atoms with Crippen LogP contribution in [0.25, 0.3) is 0 Å². The van der Waals surface area contributed by atoms with E-state index in [0.29, 0.717) is 11.5 Å². The molecule has 0 radical (unpaired) electrons. The van der Waals surface area contributed by atoms with Crippen LogP contribution in [0, 0.1) is 0 Å². The summed E-state index contributed by atoms with van der Waals surface area (Å²) in [6.45, 7) is 0. The molecule has 2 aliphatic heterocycles. The minimum atomic E-state index is 0.706. The molecule has 0 aliphatic carbocycles. The molecule has 29 heavy (non-hydrogen) atoms. The van der Waals surface area contributed by atoms with Crippen molar-refractivity contribution < 1.29 is 9.47 Å². The molecule has 0 bridgehead atoms. The van der Waals surface area contributed by atoms with Gasteiger partial charge in [0.15, 0.2) is 23.0 Å². The molecule has 5 heteroatoms. The van der Waals surface area contributed by atoms with Crippen molar-refractivity contribution >= 4 is 34.9 Å². The highest BCUT2D eigenvalue weighted by Gasteiger charge is 2.23. The van der Waals surface area contributed by atoms with Crippen LogP contribution in [0.3, 0.4) is 0 Å². The highest BCUT2D eigenvalue weighted by molar-refractivity contribution is 8.05. The van der Waals surface area contributed by atoms with Crippen LogP contribution in [0.5, 0.6) is 23.0 Å². The van der Waals surface area contributed by atoms with Crippen molar-refractivity contribution in [3.63, 3.8) is 0 Å². The van der Waals surface area contributed by atoms with Gasteiger partial charge in [0, 0.05) is 19.6 Å². The summed E-state index contributed by atoms with van der Waals surface area (Å²) in [5, 5.41) is 3.58. The fraction of sp³-hybridized carbons (Fsp3) is 0. The van der Waals surface area contributed by atoms with E-state index in [4.69, 9.17) is 9.47 Å². The number of anilines is 2. The highest BCUT2D eigenvalue weighted by Crippen LogP contribution is 2.53. The lowest BCUT2D eigenvalue weighted by molar-refractivity contribution is 0.361. The summed E-state index contributed by atoms with van der Waals surface area (Å²) in [6.07, 6.45) is 0. The minimum Gasteiger partial charge on any atom is -0.449 e. The number of rotatable bonds is 2. The van der Waals surface area contributed by atoms with E-state index in [0.717, 1.165) is 22.9 Å². The summed E-state index contributed by atoms with van der Waals surface area (Å²) in [5.41, 5.74) is 1.94. The number of nitrogens with one attached hydrogen (secondary N) is 1. The van der Waals surface area contributed by atoms with Crippen LogP contribution in [0.1, 0.15) is 0 Å². The molecule has 0 saturated carbocycles. The van der Waals surface area contributed by atoms with Crippen molar-refractivity contribution in [1.29, 1.82) is 0 Å². The summed E-state index contributed by atoms with van der Waals surface area (Å²) < 4.78 is 12.2. The van der Waals surface area contributed by atoms with Crippen molar-refractivity contribution in [2.75, 3.05) is 5.32 Å². The van der Waals surface area contributed by atoms with Gasteiger partial charge in [-0.3, -0.25) is 0 Å². The number of hydrogen-bond donors (Lipinski definition) is 1. The molecule has 4 aromatic carbocycles. The lowest BCUT2D eigenvalue weighted by atomic mass is 10.2. The van der Waals surface area contributed by atoms with Gasteiger partial charge >= 0.3 is 0 Å². The highest BCUT2D eigenvalue weighted by atomic mass is 32.2. The van der Waals surface area contributed by atoms with Gasteiger partial charge in [-0.1, -0.05) is 59.9 Å². The molecule has 3 nitrogen and oxygen atoms in total. The number of benzene rings is 4. The zero-order valence-electron chi connectivity index (χ0n) is 15.2. The van der Waals surface area contributed by atoms with E-state index >= 15 is 0 Å². The van der Waals surface area contributed by atoms with Crippen molar-refractivity contribution in [3.8, 4) is 23.0 Å². The molecule has 0 fully saturated rings. The van der Waals surface area contributed by atoms with Crippen molar-refractivity contribution in [2.45, 2.75) is 19.6 Å². The predicted octanol–water partition coefficient (Wildman–Crippen LogP) is 7.94. The van der Waals surface area contributed by atoms with Gasteiger partial charge in [0.1, 0.15) is 0 Å². The third-order valence-electron chi connectivity index (χ3n) is 4.79. The van der Waals surface area contributed by atoms with Crippen LogP contribution in [0.4, 0.5) is 11.4 Å². The Kier molecular flexibility index (Phi) is 3.96. The Morgan fingerprint density at radius 2 is 1.14 bits per heavy atom.